The fraction of sp³-hybridized carbons (Fsp3) is 0.333. The monoisotopic (exact) mass is 269 g/mol. The summed E-state index contributed by atoms with van der Waals surface area (Å²) in [5.74, 6) is 0.950. The minimum absolute atomic E-state index is 0.356. The molecule has 0 aliphatic rings. The highest BCUT2D eigenvalue weighted by molar-refractivity contribution is 5.70. The molecule has 0 radical (unpaired) electrons. The van der Waals surface area contributed by atoms with Crippen molar-refractivity contribution in [1.29, 1.82) is 0 Å². The van der Waals surface area contributed by atoms with Gasteiger partial charge in [0.2, 0.25) is 0 Å². The van der Waals surface area contributed by atoms with Gasteiger partial charge in [-0.25, -0.2) is 0 Å². The summed E-state index contributed by atoms with van der Waals surface area (Å²) < 4.78 is 5.39. The summed E-state index contributed by atoms with van der Waals surface area (Å²) in [6, 6.07) is 13.4. The van der Waals surface area contributed by atoms with Crippen molar-refractivity contribution in [2.24, 2.45) is 0 Å². The lowest BCUT2D eigenvalue weighted by Crippen LogP contribution is -2.12. The van der Waals surface area contributed by atoms with Crippen LogP contribution in [-0.2, 0) is 0 Å². The van der Waals surface area contributed by atoms with Gasteiger partial charge in [-0.2, -0.15) is 0 Å². The van der Waals surface area contributed by atoms with Crippen molar-refractivity contribution in [1.82, 2.24) is 5.32 Å². The standard InChI is InChI=1S/C18H23NO/c1-12-10-18(20-5)13(2)9-17(12)16-8-6-7-15(11-16)14(3)19-4/h6-11,14,19H,1-5H3. The molecule has 0 aromatic heterocycles. The average molecular weight is 269 g/mol. The van der Waals surface area contributed by atoms with E-state index in [1.54, 1.807) is 7.11 Å². The van der Waals surface area contributed by atoms with Crippen LogP contribution in [0.5, 0.6) is 5.75 Å². The normalized spacial score (nSPS) is 12.2. The van der Waals surface area contributed by atoms with E-state index in [0.717, 1.165) is 5.75 Å². The van der Waals surface area contributed by atoms with Crippen LogP contribution in [0.2, 0.25) is 0 Å². The zero-order valence-corrected chi connectivity index (χ0v) is 12.9. The lowest BCUT2D eigenvalue weighted by molar-refractivity contribution is 0.411. The van der Waals surface area contributed by atoms with Crippen LogP contribution in [0.3, 0.4) is 0 Å². The summed E-state index contributed by atoms with van der Waals surface area (Å²) in [4.78, 5) is 0. The van der Waals surface area contributed by atoms with Crippen molar-refractivity contribution >= 4 is 0 Å². The van der Waals surface area contributed by atoms with Gasteiger partial charge in [0.05, 0.1) is 7.11 Å². The second kappa shape index (κ2) is 6.10. The molecule has 2 aromatic carbocycles. The summed E-state index contributed by atoms with van der Waals surface area (Å²) >= 11 is 0. The zero-order chi connectivity index (χ0) is 14.7. The van der Waals surface area contributed by atoms with Crippen LogP contribution >= 0.6 is 0 Å². The van der Waals surface area contributed by atoms with Crippen LogP contribution in [0.25, 0.3) is 11.1 Å². The summed E-state index contributed by atoms with van der Waals surface area (Å²) in [6.07, 6.45) is 0. The van der Waals surface area contributed by atoms with Gasteiger partial charge < -0.3 is 10.1 Å². The highest BCUT2D eigenvalue weighted by atomic mass is 16.5. The molecule has 0 bridgehead atoms. The molecule has 1 atom stereocenters. The Morgan fingerprint density at radius 3 is 2.45 bits per heavy atom. The number of methoxy groups -OCH3 is 1. The molecule has 0 fully saturated rings. The van der Waals surface area contributed by atoms with E-state index >= 15 is 0 Å². The van der Waals surface area contributed by atoms with Gasteiger partial charge in [0, 0.05) is 6.04 Å². The first-order chi connectivity index (χ1) is 9.56. The number of rotatable bonds is 4. The maximum atomic E-state index is 5.39. The SMILES string of the molecule is CNC(C)c1cccc(-c2cc(C)c(OC)cc2C)c1. The topological polar surface area (TPSA) is 21.3 Å². The van der Waals surface area contributed by atoms with Crippen molar-refractivity contribution in [3.63, 3.8) is 0 Å². The maximum Gasteiger partial charge on any atom is 0.122 e. The summed E-state index contributed by atoms with van der Waals surface area (Å²) in [5.41, 5.74) is 6.24. The fourth-order valence-electron chi connectivity index (χ4n) is 2.46. The third-order valence-corrected chi connectivity index (χ3v) is 3.87. The van der Waals surface area contributed by atoms with Crippen molar-refractivity contribution in [3.05, 3.63) is 53.1 Å². The predicted octanol–water partition coefficient (Wildman–Crippen LogP) is 4.26. The second-order valence-corrected chi connectivity index (χ2v) is 5.27. The summed E-state index contributed by atoms with van der Waals surface area (Å²) in [5, 5.41) is 3.28. The molecule has 0 saturated heterocycles. The molecule has 106 valence electrons. The maximum absolute atomic E-state index is 5.39. The lowest BCUT2D eigenvalue weighted by Gasteiger charge is -2.15. The lowest BCUT2D eigenvalue weighted by atomic mass is 9.95. The first-order valence-electron chi connectivity index (χ1n) is 6.99. The summed E-state index contributed by atoms with van der Waals surface area (Å²) in [7, 11) is 3.71. The highest BCUT2D eigenvalue weighted by Gasteiger charge is 2.09. The Labute approximate surface area is 121 Å². The minimum atomic E-state index is 0.356. The molecule has 20 heavy (non-hydrogen) atoms. The van der Waals surface area contributed by atoms with Crippen LogP contribution in [0.4, 0.5) is 0 Å². The van der Waals surface area contributed by atoms with E-state index in [9.17, 15) is 0 Å². The van der Waals surface area contributed by atoms with E-state index in [1.165, 1.54) is 27.8 Å². The zero-order valence-electron chi connectivity index (χ0n) is 12.9. The number of hydrogen-bond donors (Lipinski definition) is 1. The molecule has 2 aromatic rings. The van der Waals surface area contributed by atoms with Gasteiger partial charge in [0.15, 0.2) is 0 Å². The number of aryl methyl sites for hydroxylation is 2. The summed E-state index contributed by atoms with van der Waals surface area (Å²) in [6.45, 7) is 6.39. The molecule has 2 nitrogen and oxygen atoms in total. The third-order valence-electron chi connectivity index (χ3n) is 3.87. The van der Waals surface area contributed by atoms with Crippen LogP contribution in [0.1, 0.15) is 29.7 Å². The first kappa shape index (κ1) is 14.6. The molecule has 0 spiro atoms. The molecular formula is C18H23NO. The van der Waals surface area contributed by atoms with E-state index in [1.807, 2.05) is 7.05 Å². The van der Waals surface area contributed by atoms with Crippen molar-refractivity contribution in [3.8, 4) is 16.9 Å². The molecular weight excluding hydrogens is 246 g/mol. The van der Waals surface area contributed by atoms with Gasteiger partial charge in [-0.15, -0.1) is 0 Å². The largest absolute Gasteiger partial charge is 0.496 e. The fourth-order valence-corrected chi connectivity index (χ4v) is 2.46. The van der Waals surface area contributed by atoms with E-state index in [4.69, 9.17) is 4.74 Å². The Kier molecular flexibility index (Phi) is 4.46. The molecule has 0 aliphatic heterocycles. The second-order valence-electron chi connectivity index (χ2n) is 5.27. The van der Waals surface area contributed by atoms with Crippen molar-refractivity contribution in [2.75, 3.05) is 14.2 Å². The number of hydrogen-bond acceptors (Lipinski definition) is 2. The van der Waals surface area contributed by atoms with Crippen LogP contribution in [0.15, 0.2) is 36.4 Å². The smallest absolute Gasteiger partial charge is 0.122 e. The van der Waals surface area contributed by atoms with Gasteiger partial charge in [-0.1, -0.05) is 18.2 Å². The molecule has 0 amide bonds. The van der Waals surface area contributed by atoms with Gasteiger partial charge in [-0.05, 0) is 73.8 Å². The average Bonchev–Trinajstić information content (AvgIpc) is 2.48. The van der Waals surface area contributed by atoms with Gasteiger partial charge >= 0.3 is 0 Å². The van der Waals surface area contributed by atoms with Gasteiger partial charge in [-0.3, -0.25) is 0 Å². The third kappa shape index (κ3) is 2.86. The Bertz CT molecular complexity index is 604. The molecule has 0 aliphatic carbocycles. The quantitative estimate of drug-likeness (QED) is 0.895. The first-order valence-corrected chi connectivity index (χ1v) is 6.99. The highest BCUT2D eigenvalue weighted by Crippen LogP contribution is 2.31. The van der Waals surface area contributed by atoms with E-state index in [2.05, 4.69) is 62.5 Å². The number of ether oxygens (including phenoxy) is 1. The van der Waals surface area contributed by atoms with Gasteiger partial charge in [0.1, 0.15) is 5.75 Å². The van der Waals surface area contributed by atoms with Gasteiger partial charge in [0.25, 0.3) is 0 Å². The number of benzene rings is 2. The Morgan fingerprint density at radius 1 is 1.05 bits per heavy atom. The molecule has 2 rings (SSSR count). The molecule has 0 saturated carbocycles. The van der Waals surface area contributed by atoms with Crippen LogP contribution in [-0.4, -0.2) is 14.2 Å². The number of nitrogens with one attached hydrogen (secondary N) is 1. The molecule has 2 heteroatoms. The Morgan fingerprint density at radius 2 is 1.80 bits per heavy atom. The van der Waals surface area contributed by atoms with E-state index < -0.39 is 0 Å². The molecule has 1 unspecified atom stereocenters. The molecule has 0 heterocycles. The van der Waals surface area contributed by atoms with Crippen LogP contribution < -0.4 is 10.1 Å². The Hall–Kier alpha value is -1.80. The van der Waals surface area contributed by atoms with E-state index in [-0.39, 0.29) is 0 Å². The van der Waals surface area contributed by atoms with Crippen molar-refractivity contribution in [2.45, 2.75) is 26.8 Å². The Balaban J connectivity index is 2.49. The molecule has 1 N–H and O–H groups in total. The minimum Gasteiger partial charge on any atom is -0.496 e. The van der Waals surface area contributed by atoms with E-state index in [0.29, 0.717) is 6.04 Å². The predicted molar refractivity (Wildman–Crippen MR) is 85.4 cm³/mol. The van der Waals surface area contributed by atoms with Crippen molar-refractivity contribution < 1.29 is 4.74 Å². The van der Waals surface area contributed by atoms with Crippen LogP contribution in [0, 0.1) is 13.8 Å².